The summed E-state index contributed by atoms with van der Waals surface area (Å²) in [5, 5.41) is 21.2. The number of sulfonamides is 1. The van der Waals surface area contributed by atoms with Crippen LogP contribution < -0.4 is 14.8 Å². The predicted octanol–water partition coefficient (Wildman–Crippen LogP) is 3.96. The lowest BCUT2D eigenvalue weighted by atomic mass is 10.1. The van der Waals surface area contributed by atoms with Crippen LogP contribution >= 0.6 is 11.6 Å². The summed E-state index contributed by atoms with van der Waals surface area (Å²) >= 11 is 6.21. The number of ether oxygens (including phenoxy) is 1. The number of benzene rings is 3. The van der Waals surface area contributed by atoms with E-state index in [2.05, 4.69) is 10.0 Å². The topological polar surface area (TPSA) is 132 Å². The first-order valence-electron chi connectivity index (χ1n) is 9.49. The average molecular weight is 481 g/mol. The van der Waals surface area contributed by atoms with Crippen molar-refractivity contribution in [3.05, 3.63) is 82.4 Å². The van der Waals surface area contributed by atoms with E-state index in [1.54, 1.807) is 18.2 Å². The van der Waals surface area contributed by atoms with E-state index < -0.39 is 10.0 Å². The molecule has 33 heavy (non-hydrogen) atoms. The van der Waals surface area contributed by atoms with Crippen molar-refractivity contribution in [3.63, 3.8) is 0 Å². The van der Waals surface area contributed by atoms with Crippen molar-refractivity contribution in [2.24, 2.45) is 0 Å². The number of carbonyl (C=O) groups excluding carboxylic acids is 1. The van der Waals surface area contributed by atoms with E-state index in [1.807, 2.05) is 12.1 Å². The van der Waals surface area contributed by atoms with Crippen LogP contribution in [0.5, 0.6) is 11.5 Å². The van der Waals surface area contributed by atoms with Crippen LogP contribution in [0.2, 0.25) is 5.02 Å². The van der Waals surface area contributed by atoms with Crippen LogP contribution in [-0.4, -0.2) is 21.4 Å². The molecule has 3 aromatic carbocycles. The van der Waals surface area contributed by atoms with Gasteiger partial charge in [0.05, 0.1) is 39.6 Å². The highest BCUT2D eigenvalue weighted by molar-refractivity contribution is 7.89. The highest BCUT2D eigenvalue weighted by Gasteiger charge is 2.13. The van der Waals surface area contributed by atoms with Crippen molar-refractivity contribution in [2.75, 3.05) is 12.4 Å². The molecule has 0 fully saturated rings. The molecular formula is C23H17ClN4O4S. The van der Waals surface area contributed by atoms with Gasteiger partial charge in [0.1, 0.15) is 11.5 Å². The maximum Gasteiger partial charge on any atom is 0.240 e. The van der Waals surface area contributed by atoms with E-state index >= 15 is 0 Å². The molecule has 1 amide bonds. The number of halogens is 1. The fourth-order valence-electron chi connectivity index (χ4n) is 2.88. The normalized spacial score (nSPS) is 10.7. The van der Waals surface area contributed by atoms with Gasteiger partial charge in [-0.1, -0.05) is 17.7 Å². The fraction of sp³-hybridized carbons (Fsp3) is 0.0870. The smallest absolute Gasteiger partial charge is 0.240 e. The van der Waals surface area contributed by atoms with E-state index in [0.717, 1.165) is 0 Å². The summed E-state index contributed by atoms with van der Waals surface area (Å²) in [5.41, 5.74) is 1.59. The van der Waals surface area contributed by atoms with Crippen LogP contribution in [0.1, 0.15) is 16.7 Å². The fourth-order valence-corrected chi connectivity index (χ4v) is 3.76. The van der Waals surface area contributed by atoms with Crippen LogP contribution in [0.25, 0.3) is 0 Å². The van der Waals surface area contributed by atoms with E-state index in [0.29, 0.717) is 16.3 Å². The van der Waals surface area contributed by atoms with Gasteiger partial charge in [-0.25, -0.2) is 13.1 Å². The first-order valence-corrected chi connectivity index (χ1v) is 11.3. The lowest BCUT2D eigenvalue weighted by Crippen LogP contribution is -2.18. The summed E-state index contributed by atoms with van der Waals surface area (Å²) in [6, 6.07) is 18.9. The number of nitrogens with one attached hydrogen (secondary N) is 2. The van der Waals surface area contributed by atoms with Gasteiger partial charge < -0.3 is 10.1 Å². The van der Waals surface area contributed by atoms with Crippen LogP contribution in [-0.2, 0) is 21.2 Å². The van der Waals surface area contributed by atoms with Gasteiger partial charge in [0.2, 0.25) is 15.9 Å². The molecule has 0 saturated heterocycles. The highest BCUT2D eigenvalue weighted by Crippen LogP contribution is 2.31. The van der Waals surface area contributed by atoms with Crippen molar-refractivity contribution >= 4 is 33.2 Å². The van der Waals surface area contributed by atoms with Gasteiger partial charge in [0, 0.05) is 5.69 Å². The van der Waals surface area contributed by atoms with Crippen molar-refractivity contribution in [1.29, 1.82) is 10.5 Å². The second-order valence-electron chi connectivity index (χ2n) is 6.79. The van der Waals surface area contributed by atoms with Crippen molar-refractivity contribution in [1.82, 2.24) is 4.72 Å². The summed E-state index contributed by atoms with van der Waals surface area (Å²) in [6.45, 7) is 0. The Morgan fingerprint density at radius 2 is 1.64 bits per heavy atom. The molecule has 3 aromatic rings. The number of nitrogens with zero attached hydrogens (tertiary/aromatic N) is 2. The monoisotopic (exact) mass is 480 g/mol. The first kappa shape index (κ1) is 23.8. The third-order valence-corrected chi connectivity index (χ3v) is 6.21. The molecule has 3 rings (SSSR count). The summed E-state index contributed by atoms with van der Waals surface area (Å²) in [6.07, 6.45) is 0.00573. The van der Waals surface area contributed by atoms with Crippen LogP contribution in [0.15, 0.2) is 65.6 Å². The Morgan fingerprint density at radius 3 is 2.21 bits per heavy atom. The van der Waals surface area contributed by atoms with Gasteiger partial charge in [-0.3, -0.25) is 4.79 Å². The highest BCUT2D eigenvalue weighted by atomic mass is 35.5. The molecule has 0 aliphatic heterocycles. The number of carbonyl (C=O) groups is 1. The molecule has 10 heteroatoms. The Labute approximate surface area is 196 Å². The van der Waals surface area contributed by atoms with Crippen LogP contribution in [0.3, 0.4) is 0 Å². The zero-order valence-corrected chi connectivity index (χ0v) is 18.9. The average Bonchev–Trinajstić information content (AvgIpc) is 2.81. The Morgan fingerprint density at radius 1 is 1.00 bits per heavy atom. The number of hydrogen-bond acceptors (Lipinski definition) is 6. The molecule has 0 radical (unpaired) electrons. The first-order chi connectivity index (χ1) is 15.7. The molecule has 0 unspecified atom stereocenters. The third kappa shape index (κ3) is 6.09. The van der Waals surface area contributed by atoms with Crippen molar-refractivity contribution in [3.8, 4) is 23.6 Å². The Bertz CT molecular complexity index is 1360. The molecule has 0 spiro atoms. The summed E-state index contributed by atoms with van der Waals surface area (Å²) in [4.78, 5) is 12.5. The lowest BCUT2D eigenvalue weighted by Gasteiger charge is -2.11. The minimum absolute atomic E-state index is 0.00573. The maximum atomic E-state index is 12.5. The van der Waals surface area contributed by atoms with Crippen molar-refractivity contribution in [2.45, 2.75) is 11.3 Å². The number of amides is 1. The second-order valence-corrected chi connectivity index (χ2v) is 9.09. The van der Waals surface area contributed by atoms with E-state index in [-0.39, 0.29) is 39.8 Å². The van der Waals surface area contributed by atoms with Crippen LogP contribution in [0.4, 0.5) is 5.69 Å². The van der Waals surface area contributed by atoms with E-state index in [1.165, 1.54) is 49.5 Å². The quantitative estimate of drug-likeness (QED) is 0.526. The predicted molar refractivity (Wildman–Crippen MR) is 122 cm³/mol. The molecule has 0 aromatic heterocycles. The minimum atomic E-state index is -3.56. The third-order valence-electron chi connectivity index (χ3n) is 4.47. The molecule has 0 aliphatic rings. The number of rotatable bonds is 7. The SMILES string of the molecule is CNS(=O)(=O)c1ccc(NC(=O)Cc2ccc(Cl)c(Oc3cc(C#N)cc(C#N)c3)c2)cc1. The van der Waals surface area contributed by atoms with E-state index in [4.69, 9.17) is 26.9 Å². The molecule has 0 atom stereocenters. The summed E-state index contributed by atoms with van der Waals surface area (Å²) < 4.78 is 31.6. The van der Waals surface area contributed by atoms with Gasteiger partial charge in [-0.2, -0.15) is 10.5 Å². The van der Waals surface area contributed by atoms with Gasteiger partial charge in [0.15, 0.2) is 0 Å². The van der Waals surface area contributed by atoms with Gasteiger partial charge >= 0.3 is 0 Å². The maximum absolute atomic E-state index is 12.5. The number of hydrogen-bond donors (Lipinski definition) is 2. The van der Waals surface area contributed by atoms with Crippen molar-refractivity contribution < 1.29 is 17.9 Å². The molecule has 166 valence electrons. The Hall–Kier alpha value is -3.89. The molecular weight excluding hydrogens is 464 g/mol. The lowest BCUT2D eigenvalue weighted by molar-refractivity contribution is -0.115. The molecule has 0 bridgehead atoms. The summed E-state index contributed by atoms with van der Waals surface area (Å²) in [7, 11) is -2.24. The standard InChI is InChI=1S/C23H17ClN4O4S/c1-27-33(30,31)20-5-3-18(4-6-20)28-23(29)12-15-2-7-21(24)22(11-15)32-19-9-16(13-25)8-17(10-19)14-26/h2-11,27H,12H2,1H3,(H,28,29). The Balaban J connectivity index is 1.73. The van der Waals surface area contributed by atoms with E-state index in [9.17, 15) is 13.2 Å². The second kappa shape index (κ2) is 10.2. The van der Waals surface area contributed by atoms with Gasteiger partial charge in [-0.15, -0.1) is 0 Å². The minimum Gasteiger partial charge on any atom is -0.456 e. The number of nitriles is 2. The largest absolute Gasteiger partial charge is 0.456 e. The summed E-state index contributed by atoms with van der Waals surface area (Å²) in [5.74, 6) is 0.207. The molecule has 0 saturated carbocycles. The zero-order chi connectivity index (χ0) is 24.0. The molecule has 0 heterocycles. The molecule has 8 nitrogen and oxygen atoms in total. The number of anilines is 1. The van der Waals surface area contributed by atoms with Gasteiger partial charge in [-0.05, 0) is 67.2 Å². The molecule has 0 aliphatic carbocycles. The molecule has 2 N–H and O–H groups in total. The zero-order valence-electron chi connectivity index (χ0n) is 17.3. The Kier molecular flexibility index (Phi) is 7.31. The van der Waals surface area contributed by atoms with Crippen LogP contribution in [0, 0.1) is 22.7 Å². The van der Waals surface area contributed by atoms with Gasteiger partial charge in [0.25, 0.3) is 0 Å².